The molecular weight excluding hydrogens is 328 g/mol. The van der Waals surface area contributed by atoms with Crippen LogP contribution in [0.2, 0.25) is 5.02 Å². The van der Waals surface area contributed by atoms with Crippen molar-refractivity contribution in [2.45, 2.75) is 25.7 Å². The van der Waals surface area contributed by atoms with E-state index in [4.69, 9.17) is 11.6 Å². The van der Waals surface area contributed by atoms with Crippen LogP contribution >= 0.6 is 11.6 Å². The summed E-state index contributed by atoms with van der Waals surface area (Å²) in [5.74, 6) is 0.431. The smallest absolute Gasteiger partial charge is 0.242 e. The Kier molecular flexibility index (Phi) is 3.22. The van der Waals surface area contributed by atoms with Gasteiger partial charge in [0.05, 0.1) is 16.9 Å². The molecule has 2 amide bonds. The number of halogens is 1. The van der Waals surface area contributed by atoms with E-state index >= 15 is 0 Å². The molecule has 0 fully saturated rings. The Morgan fingerprint density at radius 3 is 2.88 bits per heavy atom. The molecular formula is C17H17ClN4O2. The fourth-order valence-corrected chi connectivity index (χ4v) is 4.05. The number of aromatic nitrogens is 2. The van der Waals surface area contributed by atoms with E-state index in [1.165, 1.54) is 0 Å². The monoisotopic (exact) mass is 344 g/mol. The van der Waals surface area contributed by atoms with E-state index in [-0.39, 0.29) is 24.2 Å². The van der Waals surface area contributed by atoms with Crippen molar-refractivity contribution in [3.8, 4) is 0 Å². The third kappa shape index (κ3) is 1.86. The SMILES string of the molecule is CC(C)CN1C(=O)[C@]2(CC(=O)Nc3[nH]ncc32)c2cccc(Cl)c21. The van der Waals surface area contributed by atoms with E-state index in [9.17, 15) is 9.59 Å². The van der Waals surface area contributed by atoms with E-state index in [1.807, 2.05) is 26.0 Å². The first-order valence-electron chi connectivity index (χ1n) is 7.90. The van der Waals surface area contributed by atoms with Crippen LogP contribution in [0.1, 0.15) is 31.4 Å². The van der Waals surface area contributed by atoms with Gasteiger partial charge in [-0.1, -0.05) is 37.6 Å². The number of aromatic amines is 1. The summed E-state index contributed by atoms with van der Waals surface area (Å²) in [6.45, 7) is 4.64. The number of para-hydroxylation sites is 1. The van der Waals surface area contributed by atoms with Crippen molar-refractivity contribution < 1.29 is 9.59 Å². The highest BCUT2D eigenvalue weighted by Gasteiger charge is 2.57. The number of nitrogens with one attached hydrogen (secondary N) is 2. The van der Waals surface area contributed by atoms with Crippen LogP contribution in [-0.2, 0) is 15.0 Å². The summed E-state index contributed by atoms with van der Waals surface area (Å²) in [5, 5.41) is 10.1. The van der Waals surface area contributed by atoms with Crippen molar-refractivity contribution in [3.63, 3.8) is 0 Å². The number of amides is 2. The number of benzene rings is 1. The van der Waals surface area contributed by atoms with Gasteiger partial charge in [0.15, 0.2) is 0 Å². The third-order valence-electron chi connectivity index (χ3n) is 4.66. The Balaban J connectivity index is 2.01. The molecule has 0 aliphatic carbocycles. The summed E-state index contributed by atoms with van der Waals surface area (Å²) in [4.78, 5) is 27.5. The predicted molar refractivity (Wildman–Crippen MR) is 91.3 cm³/mol. The summed E-state index contributed by atoms with van der Waals surface area (Å²) in [7, 11) is 0. The first kappa shape index (κ1) is 15.2. The van der Waals surface area contributed by atoms with Crippen molar-refractivity contribution in [1.82, 2.24) is 10.2 Å². The lowest BCUT2D eigenvalue weighted by atomic mass is 9.72. The molecule has 2 aliphatic heterocycles. The fourth-order valence-electron chi connectivity index (χ4n) is 3.78. The van der Waals surface area contributed by atoms with Gasteiger partial charge in [-0.05, 0) is 17.5 Å². The Labute approximate surface area is 144 Å². The van der Waals surface area contributed by atoms with Gasteiger partial charge in [-0.3, -0.25) is 14.7 Å². The summed E-state index contributed by atoms with van der Waals surface area (Å²) < 4.78 is 0. The van der Waals surface area contributed by atoms with Gasteiger partial charge in [-0.2, -0.15) is 5.10 Å². The lowest BCUT2D eigenvalue weighted by Gasteiger charge is -2.32. The molecule has 2 N–H and O–H groups in total. The van der Waals surface area contributed by atoms with Gasteiger partial charge in [-0.15, -0.1) is 0 Å². The number of fused-ring (bicyclic) bond motifs is 4. The average Bonchev–Trinajstić information content (AvgIpc) is 3.06. The average molecular weight is 345 g/mol. The predicted octanol–water partition coefficient (Wildman–Crippen LogP) is 2.69. The van der Waals surface area contributed by atoms with E-state index in [1.54, 1.807) is 17.2 Å². The van der Waals surface area contributed by atoms with Crippen LogP contribution in [0.25, 0.3) is 0 Å². The molecule has 1 spiro atoms. The molecule has 0 saturated heterocycles. The number of anilines is 2. The summed E-state index contributed by atoms with van der Waals surface area (Å²) in [6, 6.07) is 5.48. The number of H-pyrrole nitrogens is 1. The summed E-state index contributed by atoms with van der Waals surface area (Å²) in [5.41, 5.74) is 1.12. The van der Waals surface area contributed by atoms with Crippen molar-refractivity contribution in [1.29, 1.82) is 0 Å². The van der Waals surface area contributed by atoms with Gasteiger partial charge in [0.1, 0.15) is 11.2 Å². The lowest BCUT2D eigenvalue weighted by Crippen LogP contribution is -2.47. The molecule has 3 heterocycles. The normalized spacial score (nSPS) is 22.1. The summed E-state index contributed by atoms with van der Waals surface area (Å²) >= 11 is 6.44. The Morgan fingerprint density at radius 2 is 2.12 bits per heavy atom. The molecule has 0 radical (unpaired) electrons. The first-order chi connectivity index (χ1) is 11.4. The minimum Gasteiger partial charge on any atom is -0.311 e. The number of carbonyl (C=O) groups excluding carboxylic acids is 2. The zero-order valence-corrected chi connectivity index (χ0v) is 14.1. The second-order valence-electron chi connectivity index (χ2n) is 6.73. The van der Waals surface area contributed by atoms with Crippen LogP contribution in [0, 0.1) is 5.92 Å². The van der Waals surface area contributed by atoms with Crippen LogP contribution in [-0.4, -0.2) is 28.6 Å². The maximum Gasteiger partial charge on any atom is 0.242 e. The maximum atomic E-state index is 13.5. The van der Waals surface area contributed by atoms with Crippen LogP contribution < -0.4 is 10.2 Å². The second kappa shape index (κ2) is 5.08. The molecule has 6 nitrogen and oxygen atoms in total. The Bertz CT molecular complexity index is 860. The molecule has 2 aromatic rings. The number of hydrogen-bond acceptors (Lipinski definition) is 3. The van der Waals surface area contributed by atoms with Gasteiger partial charge in [-0.25, -0.2) is 0 Å². The molecule has 7 heteroatoms. The molecule has 0 bridgehead atoms. The number of carbonyl (C=O) groups is 2. The zero-order chi connectivity index (χ0) is 17.1. The minimum absolute atomic E-state index is 0.0559. The van der Waals surface area contributed by atoms with Gasteiger partial charge >= 0.3 is 0 Å². The molecule has 1 atom stereocenters. The van der Waals surface area contributed by atoms with Crippen LogP contribution in [0.5, 0.6) is 0 Å². The first-order valence-corrected chi connectivity index (χ1v) is 8.27. The molecule has 0 unspecified atom stereocenters. The van der Waals surface area contributed by atoms with Gasteiger partial charge in [0, 0.05) is 18.5 Å². The lowest BCUT2D eigenvalue weighted by molar-refractivity contribution is -0.126. The highest BCUT2D eigenvalue weighted by Crippen LogP contribution is 2.53. The molecule has 2 aliphatic rings. The van der Waals surface area contributed by atoms with Crippen molar-refractivity contribution in [2.24, 2.45) is 5.92 Å². The quantitative estimate of drug-likeness (QED) is 0.879. The van der Waals surface area contributed by atoms with Crippen molar-refractivity contribution in [2.75, 3.05) is 16.8 Å². The Hall–Kier alpha value is -2.34. The van der Waals surface area contributed by atoms with E-state index in [0.29, 0.717) is 28.6 Å². The molecule has 1 aromatic heterocycles. The highest BCUT2D eigenvalue weighted by molar-refractivity contribution is 6.35. The van der Waals surface area contributed by atoms with Gasteiger partial charge in [0.25, 0.3) is 0 Å². The minimum atomic E-state index is -1.06. The van der Waals surface area contributed by atoms with E-state index in [0.717, 1.165) is 5.56 Å². The molecule has 1 aromatic carbocycles. The second-order valence-corrected chi connectivity index (χ2v) is 7.14. The van der Waals surface area contributed by atoms with Crippen molar-refractivity contribution >= 4 is 34.9 Å². The highest BCUT2D eigenvalue weighted by atomic mass is 35.5. The van der Waals surface area contributed by atoms with Gasteiger partial charge < -0.3 is 10.2 Å². The van der Waals surface area contributed by atoms with Crippen LogP contribution in [0.4, 0.5) is 11.5 Å². The van der Waals surface area contributed by atoms with E-state index in [2.05, 4.69) is 15.5 Å². The van der Waals surface area contributed by atoms with Crippen LogP contribution in [0.15, 0.2) is 24.4 Å². The summed E-state index contributed by atoms with van der Waals surface area (Å²) in [6.07, 6.45) is 1.68. The van der Waals surface area contributed by atoms with Gasteiger partial charge in [0.2, 0.25) is 11.8 Å². The number of hydrogen-bond donors (Lipinski definition) is 2. The van der Waals surface area contributed by atoms with E-state index < -0.39 is 5.41 Å². The standard InChI is InChI=1S/C17H17ClN4O2/c1-9(2)8-22-14-10(4-3-5-12(14)18)17(16(22)24)6-13(23)20-15-11(17)7-19-21-15/h3-5,7,9H,6,8H2,1-2H3,(H2,19,20,21,23)/t17-/m1/s1. The fraction of sp³-hybridized carbons (Fsp3) is 0.353. The number of nitrogens with zero attached hydrogens (tertiary/aromatic N) is 2. The zero-order valence-electron chi connectivity index (χ0n) is 13.4. The number of rotatable bonds is 2. The molecule has 24 heavy (non-hydrogen) atoms. The molecule has 124 valence electrons. The van der Waals surface area contributed by atoms with Crippen LogP contribution in [0.3, 0.4) is 0 Å². The largest absolute Gasteiger partial charge is 0.311 e. The molecule has 4 rings (SSSR count). The third-order valence-corrected chi connectivity index (χ3v) is 4.97. The Morgan fingerprint density at radius 1 is 1.33 bits per heavy atom. The maximum absolute atomic E-state index is 13.5. The molecule has 0 saturated carbocycles. The topological polar surface area (TPSA) is 78.1 Å². The van der Waals surface area contributed by atoms with Crippen molar-refractivity contribution in [3.05, 3.63) is 40.5 Å².